The van der Waals surface area contributed by atoms with Crippen LogP contribution in [-0.4, -0.2) is 88.2 Å². The number of likely N-dealkylation sites (N-methyl/N-ethyl adjacent to an activating group) is 1. The van der Waals surface area contributed by atoms with E-state index in [1.165, 1.54) is 19.3 Å². The molecule has 0 bridgehead atoms. The van der Waals surface area contributed by atoms with Crippen molar-refractivity contribution in [2.45, 2.75) is 108 Å². The normalized spacial score (nSPS) is 19.7. The highest BCUT2D eigenvalue weighted by molar-refractivity contribution is 6.76. The van der Waals surface area contributed by atoms with Gasteiger partial charge in [-0.1, -0.05) is 63.9 Å². The first-order valence-electron chi connectivity index (χ1n) is 17.1. The van der Waals surface area contributed by atoms with Gasteiger partial charge >= 0.3 is 12.1 Å². The Hall–Kier alpha value is -2.61. The minimum Gasteiger partial charge on any atom is -0.450 e. The number of nitrogens with zero attached hydrogens (tertiary/aromatic N) is 3. The number of urea groups is 1. The van der Waals surface area contributed by atoms with Gasteiger partial charge in [0.05, 0.1) is 23.8 Å². The zero-order valence-corrected chi connectivity index (χ0v) is 29.5. The van der Waals surface area contributed by atoms with Crippen LogP contribution in [0.15, 0.2) is 24.3 Å². The first kappa shape index (κ1) is 36.9. The summed E-state index contributed by atoms with van der Waals surface area (Å²) in [6.07, 6.45) is 10.2. The molecule has 252 valence electrons. The number of ether oxygens (including phenoxy) is 2. The van der Waals surface area contributed by atoms with Crippen LogP contribution in [-0.2, 0) is 15.1 Å². The van der Waals surface area contributed by atoms with Crippen molar-refractivity contribution in [1.82, 2.24) is 15.1 Å². The molecule has 1 saturated carbocycles. The van der Waals surface area contributed by atoms with Gasteiger partial charge in [0.25, 0.3) is 0 Å². The maximum atomic E-state index is 13.8. The largest absolute Gasteiger partial charge is 0.450 e. The second kappa shape index (κ2) is 17.9. The minimum atomic E-state index is -1.31. The van der Waals surface area contributed by atoms with Gasteiger partial charge in [0, 0.05) is 60.4 Å². The van der Waals surface area contributed by atoms with Crippen LogP contribution in [0, 0.1) is 23.2 Å². The molecule has 0 spiro atoms. The lowest BCUT2D eigenvalue weighted by molar-refractivity contribution is -0.0564. The van der Waals surface area contributed by atoms with Crippen molar-refractivity contribution in [1.29, 1.82) is 5.26 Å². The van der Waals surface area contributed by atoms with Crippen LogP contribution in [0.5, 0.6) is 0 Å². The number of carbonyl (C=O) groups is 2. The van der Waals surface area contributed by atoms with Gasteiger partial charge in [-0.25, -0.2) is 9.59 Å². The van der Waals surface area contributed by atoms with E-state index in [9.17, 15) is 20.0 Å². The molecule has 2 N–H and O–H groups in total. The lowest BCUT2D eigenvalue weighted by atomic mass is 9.74. The molecule has 2 aliphatic rings. The second-order valence-corrected chi connectivity index (χ2v) is 20.2. The highest BCUT2D eigenvalue weighted by atomic mass is 28.3. The van der Waals surface area contributed by atoms with Crippen molar-refractivity contribution in [3.8, 4) is 6.07 Å². The van der Waals surface area contributed by atoms with Crippen molar-refractivity contribution in [3.05, 3.63) is 35.4 Å². The zero-order chi connectivity index (χ0) is 32.9. The number of benzene rings is 1. The van der Waals surface area contributed by atoms with Crippen LogP contribution in [0.25, 0.3) is 0 Å². The molecular weight excluding hydrogens is 584 g/mol. The molecule has 10 heteroatoms. The predicted molar refractivity (Wildman–Crippen MR) is 181 cm³/mol. The highest BCUT2D eigenvalue weighted by Crippen LogP contribution is 2.40. The topological polar surface area (TPSA) is 115 Å². The Bertz CT molecular complexity index is 1120. The number of rotatable bonds is 15. The van der Waals surface area contributed by atoms with Crippen LogP contribution in [0.2, 0.25) is 25.7 Å². The summed E-state index contributed by atoms with van der Waals surface area (Å²) in [6, 6.07) is 10.1. The summed E-state index contributed by atoms with van der Waals surface area (Å²) >= 11 is 0. The summed E-state index contributed by atoms with van der Waals surface area (Å²) in [5.74, 6) is 0.355. The van der Waals surface area contributed by atoms with Gasteiger partial charge < -0.3 is 29.7 Å². The monoisotopic (exact) mass is 642 g/mol. The maximum absolute atomic E-state index is 13.8. The predicted octanol–water partition coefficient (Wildman–Crippen LogP) is 6.73. The lowest BCUT2D eigenvalue weighted by Crippen LogP contribution is -2.54. The van der Waals surface area contributed by atoms with E-state index in [4.69, 9.17) is 9.47 Å². The molecule has 0 aromatic heterocycles. The number of methoxy groups -OCH3 is 1. The van der Waals surface area contributed by atoms with Crippen molar-refractivity contribution in [3.63, 3.8) is 0 Å². The van der Waals surface area contributed by atoms with Gasteiger partial charge in [-0.15, -0.1) is 0 Å². The summed E-state index contributed by atoms with van der Waals surface area (Å²) in [5, 5.41) is 25.1. The van der Waals surface area contributed by atoms with Crippen molar-refractivity contribution >= 4 is 20.2 Å². The van der Waals surface area contributed by atoms with Crippen LogP contribution in [0.1, 0.15) is 81.8 Å². The third-order valence-corrected chi connectivity index (χ3v) is 11.3. The van der Waals surface area contributed by atoms with E-state index in [1.807, 2.05) is 17.0 Å². The third kappa shape index (κ3) is 11.9. The van der Waals surface area contributed by atoms with E-state index in [0.717, 1.165) is 56.6 Å². The van der Waals surface area contributed by atoms with E-state index in [-0.39, 0.29) is 24.1 Å². The van der Waals surface area contributed by atoms with E-state index in [0.29, 0.717) is 50.8 Å². The Kier molecular flexibility index (Phi) is 14.7. The number of likely N-dealkylation sites (tertiary alicyclic amines) is 1. The summed E-state index contributed by atoms with van der Waals surface area (Å²) in [4.78, 5) is 30.1. The van der Waals surface area contributed by atoms with Gasteiger partial charge in [0.15, 0.2) is 0 Å². The smallest absolute Gasteiger partial charge is 0.409 e. The number of hydrogen-bond donors (Lipinski definition) is 2. The molecule has 3 amide bonds. The minimum absolute atomic E-state index is 0.145. The molecule has 3 rings (SSSR count). The number of unbranched alkanes of at least 4 members (excludes halogenated alkanes) is 1. The van der Waals surface area contributed by atoms with Gasteiger partial charge in [0.1, 0.15) is 0 Å². The quantitative estimate of drug-likeness (QED) is 0.162. The number of hydrogen-bond acceptors (Lipinski definition) is 6. The number of nitriles is 1. The van der Waals surface area contributed by atoms with E-state index in [1.54, 1.807) is 31.2 Å². The number of amides is 3. The van der Waals surface area contributed by atoms with Crippen molar-refractivity contribution in [2.75, 3.05) is 47.0 Å². The van der Waals surface area contributed by atoms with Crippen LogP contribution >= 0.6 is 0 Å². The van der Waals surface area contributed by atoms with Crippen LogP contribution in [0.3, 0.4) is 0 Å². The van der Waals surface area contributed by atoms with Gasteiger partial charge in [-0.2, -0.15) is 5.26 Å². The van der Waals surface area contributed by atoms with Crippen LogP contribution < -0.4 is 5.32 Å². The number of aliphatic hydroxyl groups is 1. The summed E-state index contributed by atoms with van der Waals surface area (Å²) < 4.78 is 10.8. The molecule has 3 atom stereocenters. The van der Waals surface area contributed by atoms with E-state index in [2.05, 4.69) is 31.0 Å². The molecule has 1 saturated heterocycles. The second-order valence-electron chi connectivity index (χ2n) is 14.5. The molecule has 1 aromatic rings. The standard InChI is InChI=1S/C35H58N4O5Si/c1-38(34(41)44-21-22-45(3,4)5)27-32(24-28-13-7-6-8-14-28)37-33(40)39-19-12-17-31(26-39)35(42,18-9-10-20-43-2)30-16-11-15-29(23-30)25-36/h11,15-16,23,28,31-32,42H,6-10,12-14,17-22,24,26-27H2,1-5H3,(H,37,40)/t31-,32+,35-/m1/s1. The fraction of sp³-hybridized carbons (Fsp3) is 0.743. The number of carbonyl (C=O) groups excluding carboxylic acids is 2. The molecule has 1 aromatic carbocycles. The lowest BCUT2D eigenvalue weighted by Gasteiger charge is -2.43. The molecule has 45 heavy (non-hydrogen) atoms. The van der Waals surface area contributed by atoms with Crippen molar-refractivity contribution in [2.24, 2.45) is 11.8 Å². The highest BCUT2D eigenvalue weighted by Gasteiger charge is 2.41. The summed E-state index contributed by atoms with van der Waals surface area (Å²) in [7, 11) is 2.12. The van der Waals surface area contributed by atoms with Crippen LogP contribution in [0.4, 0.5) is 9.59 Å². The summed E-state index contributed by atoms with van der Waals surface area (Å²) in [5.41, 5.74) is 0.0820. The molecule has 1 aliphatic carbocycles. The number of nitrogens with one attached hydrogen (secondary N) is 1. The van der Waals surface area contributed by atoms with Gasteiger partial charge in [0.2, 0.25) is 0 Å². The molecular formula is C35H58N4O5Si. The SMILES string of the molecule is COCCCC[C@@](O)(c1cccc(C#N)c1)[C@@H]1CCCN(C(=O)N[C@@H](CC2CCCCC2)CN(C)C(=O)OCC[Si](C)(C)C)C1. The average Bonchev–Trinajstić information content (AvgIpc) is 3.02. The maximum Gasteiger partial charge on any atom is 0.409 e. The third-order valence-electron chi connectivity index (χ3n) is 9.59. The fourth-order valence-corrected chi connectivity index (χ4v) is 7.58. The number of piperidine rings is 1. The Balaban J connectivity index is 1.71. The van der Waals surface area contributed by atoms with E-state index < -0.39 is 13.7 Å². The van der Waals surface area contributed by atoms with Crippen molar-refractivity contribution < 1.29 is 24.2 Å². The Morgan fingerprint density at radius 2 is 1.91 bits per heavy atom. The molecule has 1 heterocycles. The molecule has 0 radical (unpaired) electrons. The Morgan fingerprint density at radius 3 is 2.60 bits per heavy atom. The molecule has 1 aliphatic heterocycles. The van der Waals surface area contributed by atoms with E-state index >= 15 is 0 Å². The average molecular weight is 643 g/mol. The first-order valence-corrected chi connectivity index (χ1v) is 20.8. The Morgan fingerprint density at radius 1 is 1.16 bits per heavy atom. The first-order chi connectivity index (χ1) is 21.4. The zero-order valence-electron chi connectivity index (χ0n) is 28.5. The fourth-order valence-electron chi connectivity index (χ4n) is 6.86. The van der Waals surface area contributed by atoms with Gasteiger partial charge in [-0.3, -0.25) is 0 Å². The van der Waals surface area contributed by atoms with Gasteiger partial charge in [-0.05, 0) is 68.2 Å². The molecule has 9 nitrogen and oxygen atoms in total. The molecule has 2 fully saturated rings. The summed E-state index contributed by atoms with van der Waals surface area (Å²) in [6.45, 7) is 9.27. The Labute approximate surface area is 272 Å². The molecule has 0 unspecified atom stereocenters.